The first-order valence-corrected chi connectivity index (χ1v) is 16.2. The maximum absolute atomic E-state index is 13.7. The number of nitrogens with zero attached hydrogens (tertiary/aromatic N) is 4. The second-order valence-corrected chi connectivity index (χ2v) is 14.5. The molecule has 2 heterocycles. The van der Waals surface area contributed by atoms with Gasteiger partial charge in [0.25, 0.3) is 0 Å². The fourth-order valence-corrected chi connectivity index (χ4v) is 7.81. The van der Waals surface area contributed by atoms with Crippen molar-refractivity contribution in [3.8, 4) is 22.9 Å². The molecule has 3 aliphatic carbocycles. The molecule has 1 amide bonds. The first-order chi connectivity index (χ1) is 19.7. The summed E-state index contributed by atoms with van der Waals surface area (Å²) in [6.45, 7) is 0.947. The van der Waals surface area contributed by atoms with E-state index in [-0.39, 0.29) is 35.1 Å². The monoisotopic (exact) mass is 573 g/mol. The van der Waals surface area contributed by atoms with Gasteiger partial charge in [0.05, 0.1) is 29.0 Å². The van der Waals surface area contributed by atoms with Crippen molar-refractivity contribution in [2.75, 3.05) is 29.5 Å². The fourth-order valence-electron chi connectivity index (χ4n) is 6.61. The quantitative estimate of drug-likeness (QED) is 0.473. The van der Waals surface area contributed by atoms with E-state index in [1.54, 1.807) is 16.8 Å². The van der Waals surface area contributed by atoms with E-state index >= 15 is 0 Å². The van der Waals surface area contributed by atoms with Crippen molar-refractivity contribution < 1.29 is 17.6 Å². The van der Waals surface area contributed by atoms with Crippen LogP contribution in [0.3, 0.4) is 0 Å². The van der Waals surface area contributed by atoms with Crippen LogP contribution in [0.2, 0.25) is 0 Å². The van der Waals surface area contributed by atoms with Gasteiger partial charge in [-0.25, -0.2) is 17.5 Å². The van der Waals surface area contributed by atoms with E-state index in [4.69, 9.17) is 5.10 Å². The zero-order valence-electron chi connectivity index (χ0n) is 22.7. The average Bonchev–Trinajstić information content (AvgIpc) is 3.88. The number of fused-ring (bicyclic) bond motifs is 1. The van der Waals surface area contributed by atoms with E-state index in [1.165, 1.54) is 12.1 Å². The Kier molecular flexibility index (Phi) is 6.19. The SMILES string of the molecule is N#CC1(NC(=O)C2CC3CC3CC2c2nn(-c3ccc(F)cc3)cc2-c2ccc(N3CCS(=O)(=O)CC3)cc2)CC1. The molecular formula is C31H32FN5O3S. The molecule has 41 heavy (non-hydrogen) atoms. The van der Waals surface area contributed by atoms with Gasteiger partial charge in [-0.05, 0) is 85.9 Å². The van der Waals surface area contributed by atoms with Gasteiger partial charge in [-0.1, -0.05) is 12.1 Å². The van der Waals surface area contributed by atoms with E-state index in [9.17, 15) is 22.9 Å². The summed E-state index contributed by atoms with van der Waals surface area (Å²) in [6, 6.07) is 16.6. The molecule has 0 bridgehead atoms. The number of nitrogens with one attached hydrogen (secondary N) is 1. The summed E-state index contributed by atoms with van der Waals surface area (Å²) < 4.78 is 39.2. The first kappa shape index (κ1) is 26.2. The topological polar surface area (TPSA) is 108 Å². The Hall–Kier alpha value is -3.71. The minimum Gasteiger partial charge on any atom is -0.369 e. The van der Waals surface area contributed by atoms with Crippen LogP contribution >= 0.6 is 0 Å². The highest BCUT2D eigenvalue weighted by Crippen LogP contribution is 2.57. The van der Waals surface area contributed by atoms with E-state index in [2.05, 4.69) is 16.3 Å². The normalized spacial score (nSPS) is 27.4. The van der Waals surface area contributed by atoms with Gasteiger partial charge in [-0.2, -0.15) is 10.4 Å². The van der Waals surface area contributed by atoms with Crippen molar-refractivity contribution in [2.24, 2.45) is 17.8 Å². The van der Waals surface area contributed by atoms with E-state index in [1.807, 2.05) is 30.5 Å². The zero-order valence-corrected chi connectivity index (χ0v) is 23.5. The third-order valence-electron chi connectivity index (χ3n) is 9.40. The molecule has 8 nitrogen and oxygen atoms in total. The van der Waals surface area contributed by atoms with Crippen molar-refractivity contribution in [3.05, 3.63) is 66.2 Å². The molecule has 4 fully saturated rings. The van der Waals surface area contributed by atoms with Gasteiger partial charge >= 0.3 is 0 Å². The second kappa shape index (κ2) is 9.69. The summed E-state index contributed by atoms with van der Waals surface area (Å²) in [4.78, 5) is 15.7. The molecule has 212 valence electrons. The van der Waals surface area contributed by atoms with Crippen LogP contribution < -0.4 is 10.2 Å². The standard InChI is InChI=1S/C31H32FN5O3S/c32-23-3-7-25(8-4-23)37-18-28(20-1-5-24(6-2-20)36-11-13-41(39,40)14-12-36)29(35-37)26-16-21-15-22(21)17-27(26)30(38)34-31(19-33)9-10-31/h1-8,18,21-22,26-27H,9-17H2,(H,34,38). The number of hydrogen-bond acceptors (Lipinski definition) is 6. The lowest BCUT2D eigenvalue weighted by atomic mass is 9.75. The van der Waals surface area contributed by atoms with E-state index < -0.39 is 15.4 Å². The number of carbonyl (C=O) groups excluding carboxylic acids is 1. The molecule has 1 aliphatic heterocycles. The molecular weight excluding hydrogens is 541 g/mol. The molecule has 4 unspecified atom stereocenters. The molecule has 1 N–H and O–H groups in total. The molecule has 7 rings (SSSR count). The van der Waals surface area contributed by atoms with Crippen LogP contribution in [0.5, 0.6) is 0 Å². The number of amides is 1. The van der Waals surface area contributed by atoms with Gasteiger partial charge in [0.2, 0.25) is 5.91 Å². The molecule has 4 aliphatic rings. The van der Waals surface area contributed by atoms with Crippen molar-refractivity contribution in [1.82, 2.24) is 15.1 Å². The van der Waals surface area contributed by atoms with Crippen LogP contribution in [0.4, 0.5) is 10.1 Å². The lowest BCUT2D eigenvalue weighted by molar-refractivity contribution is -0.127. The molecule has 0 spiro atoms. The highest BCUT2D eigenvalue weighted by atomic mass is 32.2. The minimum absolute atomic E-state index is 0.0583. The Morgan fingerprint density at radius 3 is 2.29 bits per heavy atom. The number of benzene rings is 2. The summed E-state index contributed by atoms with van der Waals surface area (Å²) in [5.74, 6) is 0.695. The van der Waals surface area contributed by atoms with Crippen molar-refractivity contribution in [2.45, 2.75) is 43.6 Å². The van der Waals surface area contributed by atoms with Gasteiger partial charge in [0.15, 0.2) is 9.84 Å². The van der Waals surface area contributed by atoms with Crippen LogP contribution in [0, 0.1) is 34.9 Å². The largest absolute Gasteiger partial charge is 0.369 e. The van der Waals surface area contributed by atoms with Crippen LogP contribution in [-0.4, -0.2) is 54.2 Å². The Morgan fingerprint density at radius 2 is 1.63 bits per heavy atom. The van der Waals surface area contributed by atoms with Gasteiger partial charge in [-0.3, -0.25) is 4.79 Å². The first-order valence-electron chi connectivity index (χ1n) is 14.4. The van der Waals surface area contributed by atoms with Crippen molar-refractivity contribution in [3.63, 3.8) is 0 Å². The van der Waals surface area contributed by atoms with Crippen molar-refractivity contribution >= 4 is 21.4 Å². The molecule has 3 aromatic rings. The number of carbonyl (C=O) groups is 1. The number of halogens is 1. The van der Waals surface area contributed by atoms with Crippen LogP contribution in [0.15, 0.2) is 54.7 Å². The van der Waals surface area contributed by atoms with Crippen molar-refractivity contribution in [1.29, 1.82) is 5.26 Å². The summed E-state index contributed by atoms with van der Waals surface area (Å²) in [6.07, 6.45) is 6.13. The molecule has 4 atom stereocenters. The summed E-state index contributed by atoms with van der Waals surface area (Å²) in [5.41, 5.74) is 3.70. The van der Waals surface area contributed by atoms with Gasteiger partial charge in [0, 0.05) is 42.4 Å². The number of nitriles is 1. The third kappa shape index (κ3) is 5.12. The van der Waals surface area contributed by atoms with Gasteiger partial charge in [0.1, 0.15) is 11.4 Å². The second-order valence-electron chi connectivity index (χ2n) is 12.2. The number of sulfone groups is 1. The molecule has 1 saturated heterocycles. The molecule has 10 heteroatoms. The molecule has 0 radical (unpaired) electrons. The summed E-state index contributed by atoms with van der Waals surface area (Å²) in [7, 11) is -2.97. The van der Waals surface area contributed by atoms with Crippen LogP contribution in [0.1, 0.15) is 43.7 Å². The molecule has 2 aromatic carbocycles. The van der Waals surface area contributed by atoms with Crippen LogP contribution in [-0.2, 0) is 14.6 Å². The van der Waals surface area contributed by atoms with E-state index in [0.717, 1.165) is 47.5 Å². The number of hydrogen-bond donors (Lipinski definition) is 1. The van der Waals surface area contributed by atoms with Gasteiger partial charge in [-0.15, -0.1) is 0 Å². The van der Waals surface area contributed by atoms with E-state index in [0.29, 0.717) is 37.8 Å². The number of rotatable bonds is 6. The Bertz CT molecular complexity index is 1630. The smallest absolute Gasteiger partial charge is 0.225 e. The Morgan fingerprint density at radius 1 is 0.976 bits per heavy atom. The maximum Gasteiger partial charge on any atom is 0.225 e. The lowest BCUT2D eigenvalue weighted by Crippen LogP contribution is -2.43. The fraction of sp³-hybridized carbons (Fsp3) is 0.452. The Labute approximate surface area is 239 Å². The third-order valence-corrected chi connectivity index (χ3v) is 11.0. The number of aromatic nitrogens is 2. The molecule has 3 saturated carbocycles. The average molecular weight is 574 g/mol. The maximum atomic E-state index is 13.7. The predicted octanol–water partition coefficient (Wildman–Crippen LogP) is 4.22. The molecule has 1 aromatic heterocycles. The summed E-state index contributed by atoms with van der Waals surface area (Å²) in [5, 5.41) is 17.7. The minimum atomic E-state index is -2.97. The van der Waals surface area contributed by atoms with Gasteiger partial charge < -0.3 is 10.2 Å². The van der Waals surface area contributed by atoms with Crippen LogP contribution in [0.25, 0.3) is 16.8 Å². The Balaban J connectivity index is 1.24. The number of anilines is 1. The highest BCUT2D eigenvalue weighted by molar-refractivity contribution is 7.91. The highest BCUT2D eigenvalue weighted by Gasteiger charge is 2.52. The summed E-state index contributed by atoms with van der Waals surface area (Å²) >= 11 is 0. The zero-order chi connectivity index (χ0) is 28.4. The lowest BCUT2D eigenvalue weighted by Gasteiger charge is -2.31. The predicted molar refractivity (Wildman–Crippen MR) is 153 cm³/mol.